The minimum absolute atomic E-state index is 0.130. The van der Waals surface area contributed by atoms with Crippen molar-refractivity contribution in [3.05, 3.63) is 76.4 Å². The Hall–Kier alpha value is -2.73. The SMILES string of the molecule is O=C(Cc1cccc2cccnc12)NNC(=O)c1ccccc1Br. The summed E-state index contributed by atoms with van der Waals surface area (Å²) < 4.78 is 0.662. The number of hydrogen-bond acceptors (Lipinski definition) is 3. The van der Waals surface area contributed by atoms with E-state index in [0.717, 1.165) is 16.5 Å². The van der Waals surface area contributed by atoms with Crippen LogP contribution in [0.3, 0.4) is 0 Å². The lowest BCUT2D eigenvalue weighted by molar-refractivity contribution is -0.121. The molecule has 120 valence electrons. The zero-order valence-electron chi connectivity index (χ0n) is 12.6. The van der Waals surface area contributed by atoms with Crippen molar-refractivity contribution in [2.45, 2.75) is 6.42 Å². The van der Waals surface area contributed by atoms with Crippen LogP contribution >= 0.6 is 15.9 Å². The maximum atomic E-state index is 12.1. The average Bonchev–Trinajstić information content (AvgIpc) is 2.60. The third-order valence-electron chi connectivity index (χ3n) is 3.50. The molecule has 5 nitrogen and oxygen atoms in total. The fourth-order valence-corrected chi connectivity index (χ4v) is 2.83. The maximum Gasteiger partial charge on any atom is 0.270 e. The second-order valence-corrected chi connectivity index (χ2v) is 6.01. The van der Waals surface area contributed by atoms with Gasteiger partial charge in [0.2, 0.25) is 5.91 Å². The number of aromatic nitrogens is 1. The van der Waals surface area contributed by atoms with Gasteiger partial charge in [0.1, 0.15) is 0 Å². The van der Waals surface area contributed by atoms with Gasteiger partial charge in [-0.2, -0.15) is 0 Å². The number of fused-ring (bicyclic) bond motifs is 1. The lowest BCUT2D eigenvalue weighted by atomic mass is 10.1. The number of nitrogens with one attached hydrogen (secondary N) is 2. The molecule has 0 unspecified atom stereocenters. The molecule has 24 heavy (non-hydrogen) atoms. The molecule has 0 atom stereocenters. The molecule has 0 spiro atoms. The van der Waals surface area contributed by atoms with Crippen LogP contribution in [0.15, 0.2) is 65.3 Å². The van der Waals surface area contributed by atoms with Crippen LogP contribution < -0.4 is 10.9 Å². The van der Waals surface area contributed by atoms with E-state index in [1.807, 2.05) is 36.4 Å². The smallest absolute Gasteiger partial charge is 0.270 e. The number of pyridine rings is 1. The highest BCUT2D eigenvalue weighted by Crippen LogP contribution is 2.17. The number of hydrazine groups is 1. The molecule has 0 saturated heterocycles. The summed E-state index contributed by atoms with van der Waals surface area (Å²) in [5.41, 5.74) is 6.89. The monoisotopic (exact) mass is 383 g/mol. The molecule has 0 bridgehead atoms. The van der Waals surface area contributed by atoms with Crippen molar-refractivity contribution in [2.24, 2.45) is 0 Å². The van der Waals surface area contributed by atoms with Crippen LogP contribution in [0.2, 0.25) is 0 Å². The van der Waals surface area contributed by atoms with Crippen LogP contribution in [0, 0.1) is 0 Å². The molecule has 0 fully saturated rings. The lowest BCUT2D eigenvalue weighted by Gasteiger charge is -2.09. The summed E-state index contributed by atoms with van der Waals surface area (Å²) in [6, 6.07) is 16.5. The van der Waals surface area contributed by atoms with Crippen molar-refractivity contribution in [1.82, 2.24) is 15.8 Å². The van der Waals surface area contributed by atoms with Crippen molar-refractivity contribution < 1.29 is 9.59 Å². The summed E-state index contributed by atoms with van der Waals surface area (Å²) in [5, 5.41) is 0.972. The van der Waals surface area contributed by atoms with E-state index in [1.54, 1.807) is 24.4 Å². The molecule has 2 aromatic carbocycles. The minimum atomic E-state index is -0.383. The minimum Gasteiger partial charge on any atom is -0.273 e. The van der Waals surface area contributed by atoms with Gasteiger partial charge < -0.3 is 0 Å². The third-order valence-corrected chi connectivity index (χ3v) is 4.19. The first kappa shape index (κ1) is 16.1. The number of carbonyl (C=O) groups is 2. The van der Waals surface area contributed by atoms with Gasteiger partial charge in [-0.1, -0.05) is 36.4 Å². The molecule has 0 saturated carbocycles. The number of halogens is 1. The molecular weight excluding hydrogens is 370 g/mol. The summed E-state index contributed by atoms with van der Waals surface area (Å²) in [6.07, 6.45) is 1.82. The number of para-hydroxylation sites is 1. The van der Waals surface area contributed by atoms with E-state index in [-0.39, 0.29) is 18.2 Å². The molecule has 1 heterocycles. The molecule has 0 aliphatic carbocycles. The molecule has 0 radical (unpaired) electrons. The molecule has 0 aliphatic heterocycles. The summed E-state index contributed by atoms with van der Waals surface area (Å²) in [5.74, 6) is -0.694. The maximum absolute atomic E-state index is 12.1. The first-order chi connectivity index (χ1) is 11.6. The largest absolute Gasteiger partial charge is 0.273 e. The standard InChI is InChI=1S/C18H14BrN3O2/c19-15-9-2-1-8-14(15)18(24)22-21-16(23)11-13-6-3-5-12-7-4-10-20-17(12)13/h1-10H,11H2,(H,21,23)(H,22,24). The molecule has 2 amide bonds. The lowest BCUT2D eigenvalue weighted by Crippen LogP contribution is -2.42. The Labute approximate surface area is 147 Å². The van der Waals surface area contributed by atoms with E-state index in [4.69, 9.17) is 0 Å². The molecule has 2 N–H and O–H groups in total. The number of hydrogen-bond donors (Lipinski definition) is 2. The van der Waals surface area contributed by atoms with Crippen LogP contribution in [-0.4, -0.2) is 16.8 Å². The van der Waals surface area contributed by atoms with Crippen molar-refractivity contribution in [3.8, 4) is 0 Å². The summed E-state index contributed by atoms with van der Waals surface area (Å²) >= 11 is 3.30. The highest BCUT2D eigenvalue weighted by atomic mass is 79.9. The first-order valence-electron chi connectivity index (χ1n) is 7.31. The highest BCUT2D eigenvalue weighted by molar-refractivity contribution is 9.10. The van der Waals surface area contributed by atoms with Crippen LogP contribution in [-0.2, 0) is 11.2 Å². The fourth-order valence-electron chi connectivity index (χ4n) is 2.37. The van der Waals surface area contributed by atoms with Crippen LogP contribution in [0.5, 0.6) is 0 Å². The Morgan fingerprint density at radius 1 is 0.958 bits per heavy atom. The number of amides is 2. The Balaban J connectivity index is 1.66. The fraction of sp³-hybridized carbons (Fsp3) is 0.0556. The van der Waals surface area contributed by atoms with E-state index >= 15 is 0 Å². The van der Waals surface area contributed by atoms with Crippen molar-refractivity contribution in [3.63, 3.8) is 0 Å². The third kappa shape index (κ3) is 3.60. The summed E-state index contributed by atoms with van der Waals surface area (Å²) in [7, 11) is 0. The van der Waals surface area contributed by atoms with Gasteiger partial charge in [-0.3, -0.25) is 25.4 Å². The van der Waals surface area contributed by atoms with Gasteiger partial charge >= 0.3 is 0 Å². The summed E-state index contributed by atoms with van der Waals surface area (Å²) in [6.45, 7) is 0. The highest BCUT2D eigenvalue weighted by Gasteiger charge is 2.11. The predicted octanol–water partition coefficient (Wildman–Crippen LogP) is 3.00. The molecule has 1 aromatic heterocycles. The molecule has 6 heteroatoms. The Kier molecular flexibility index (Phi) is 4.86. The normalized spacial score (nSPS) is 10.4. The van der Waals surface area contributed by atoms with Crippen molar-refractivity contribution in [2.75, 3.05) is 0 Å². The predicted molar refractivity (Wildman–Crippen MR) is 95.2 cm³/mol. The van der Waals surface area contributed by atoms with Gasteiger partial charge in [0.05, 0.1) is 17.5 Å². The van der Waals surface area contributed by atoms with Gasteiger partial charge in [0.15, 0.2) is 0 Å². The van der Waals surface area contributed by atoms with E-state index in [1.165, 1.54) is 0 Å². The van der Waals surface area contributed by atoms with E-state index in [0.29, 0.717) is 10.0 Å². The zero-order chi connectivity index (χ0) is 16.9. The summed E-state index contributed by atoms with van der Waals surface area (Å²) in [4.78, 5) is 28.5. The molecule has 0 aliphatic rings. The molecule has 3 aromatic rings. The topological polar surface area (TPSA) is 71.1 Å². The number of carbonyl (C=O) groups excluding carboxylic acids is 2. The van der Waals surface area contributed by atoms with Crippen LogP contribution in [0.4, 0.5) is 0 Å². The second-order valence-electron chi connectivity index (χ2n) is 5.15. The zero-order valence-corrected chi connectivity index (χ0v) is 14.2. The van der Waals surface area contributed by atoms with Gasteiger partial charge in [0, 0.05) is 16.1 Å². The van der Waals surface area contributed by atoms with E-state index in [9.17, 15) is 9.59 Å². The number of benzene rings is 2. The van der Waals surface area contributed by atoms with Crippen LogP contribution in [0.25, 0.3) is 10.9 Å². The number of rotatable bonds is 3. The van der Waals surface area contributed by atoms with E-state index < -0.39 is 0 Å². The second kappa shape index (κ2) is 7.23. The molecular formula is C18H14BrN3O2. The quantitative estimate of drug-likeness (QED) is 0.682. The Morgan fingerprint density at radius 2 is 1.75 bits per heavy atom. The van der Waals surface area contributed by atoms with Gasteiger partial charge in [-0.15, -0.1) is 0 Å². The Morgan fingerprint density at radius 3 is 2.58 bits per heavy atom. The number of nitrogens with zero attached hydrogens (tertiary/aromatic N) is 1. The van der Waals surface area contributed by atoms with Crippen molar-refractivity contribution in [1.29, 1.82) is 0 Å². The van der Waals surface area contributed by atoms with Gasteiger partial charge in [-0.25, -0.2) is 0 Å². The first-order valence-corrected chi connectivity index (χ1v) is 8.11. The molecule has 3 rings (SSSR count). The van der Waals surface area contributed by atoms with Gasteiger partial charge in [-0.05, 0) is 39.7 Å². The Bertz CT molecular complexity index is 906. The van der Waals surface area contributed by atoms with Gasteiger partial charge in [0.25, 0.3) is 5.91 Å². The van der Waals surface area contributed by atoms with Crippen molar-refractivity contribution >= 4 is 38.6 Å². The van der Waals surface area contributed by atoms with Crippen LogP contribution in [0.1, 0.15) is 15.9 Å². The van der Waals surface area contributed by atoms with E-state index in [2.05, 4.69) is 31.8 Å². The average molecular weight is 384 g/mol.